The summed E-state index contributed by atoms with van der Waals surface area (Å²) in [5.74, 6) is 0. The predicted octanol–water partition coefficient (Wildman–Crippen LogP) is 33.3. The van der Waals surface area contributed by atoms with Gasteiger partial charge in [0.25, 0.3) is 0 Å². The average Bonchev–Trinajstić information content (AvgIpc) is 1.57. The minimum atomic E-state index is -0.454. The van der Waals surface area contributed by atoms with Crippen LogP contribution in [0.5, 0.6) is 0 Å². The molecule has 0 unspecified atom stereocenters. The molecule has 20 aromatic rings. The van der Waals surface area contributed by atoms with Gasteiger partial charge in [0.2, 0.25) is 0 Å². The monoisotopic (exact) mass is 1650 g/mol. The summed E-state index contributed by atoms with van der Waals surface area (Å²) in [4.78, 5) is 4.94. The second-order valence-corrected chi connectivity index (χ2v) is 37.1. The van der Waals surface area contributed by atoms with Gasteiger partial charge < -0.3 is 9.80 Å². The van der Waals surface area contributed by atoms with Crippen LogP contribution in [0.15, 0.2) is 461 Å². The number of hydrogen-bond acceptors (Lipinski definition) is 2. The van der Waals surface area contributed by atoms with Crippen molar-refractivity contribution in [3.63, 3.8) is 0 Å². The summed E-state index contributed by atoms with van der Waals surface area (Å²) >= 11 is 0. The van der Waals surface area contributed by atoms with Crippen molar-refractivity contribution in [1.82, 2.24) is 0 Å². The molecule has 0 bridgehead atoms. The molecule has 0 aromatic heterocycles. The Kier molecular flexibility index (Phi) is 17.8. The lowest BCUT2D eigenvalue weighted by Crippen LogP contribution is -2.40. The largest absolute Gasteiger partial charge is 0.310 e. The summed E-state index contributed by atoms with van der Waals surface area (Å²) in [5.41, 5.74) is 44.7. The van der Waals surface area contributed by atoms with Crippen molar-refractivity contribution < 1.29 is 0 Å². The summed E-state index contributed by atoms with van der Waals surface area (Å²) in [7, 11) is 0. The maximum atomic E-state index is 2.48. The van der Waals surface area contributed by atoms with Gasteiger partial charge in [-0.1, -0.05) is 448 Å². The molecule has 20 aromatic carbocycles. The highest BCUT2D eigenvalue weighted by Crippen LogP contribution is 2.67. The van der Waals surface area contributed by atoms with E-state index in [1.165, 1.54) is 188 Å². The topological polar surface area (TPSA) is 6.48 Å². The minimum Gasteiger partial charge on any atom is -0.310 e. The Bertz CT molecular complexity index is 7780. The molecule has 0 saturated heterocycles. The van der Waals surface area contributed by atoms with E-state index in [0.717, 1.165) is 34.1 Å². The normalized spacial score (nSPS) is 14.4. The van der Waals surface area contributed by atoms with Gasteiger partial charge in [-0.05, 0) is 227 Å². The molecule has 2 nitrogen and oxygen atoms in total. The van der Waals surface area contributed by atoms with E-state index in [1.54, 1.807) is 0 Å². The zero-order valence-electron chi connectivity index (χ0n) is 73.3. The number of hydrogen-bond donors (Lipinski definition) is 0. The molecule has 0 radical (unpaired) electrons. The Labute approximate surface area is 756 Å². The molecule has 0 heterocycles. The van der Waals surface area contributed by atoms with Crippen LogP contribution in [0.4, 0.5) is 34.1 Å². The van der Waals surface area contributed by atoms with E-state index in [-0.39, 0.29) is 16.2 Å². The molecule has 0 atom stereocenters. The molecule has 0 aliphatic heterocycles. The number of para-hydroxylation sites is 1. The molecule has 5 aliphatic carbocycles. The van der Waals surface area contributed by atoms with Gasteiger partial charge in [-0.2, -0.15) is 0 Å². The van der Waals surface area contributed by atoms with Crippen LogP contribution in [-0.2, 0) is 27.1 Å². The summed E-state index contributed by atoms with van der Waals surface area (Å²) < 4.78 is 0. The fourth-order valence-corrected chi connectivity index (χ4v) is 23.8. The Morgan fingerprint density at radius 2 is 0.434 bits per heavy atom. The molecular formula is C127H94N2. The third-order valence-electron chi connectivity index (χ3n) is 29.5. The van der Waals surface area contributed by atoms with Gasteiger partial charge in [0, 0.05) is 49.6 Å². The third-order valence-corrected chi connectivity index (χ3v) is 29.5. The lowest BCUT2D eigenvalue weighted by Gasteiger charge is -2.46. The molecule has 2 heteroatoms. The fourth-order valence-electron chi connectivity index (χ4n) is 23.8. The second-order valence-electron chi connectivity index (χ2n) is 37.1. The predicted molar refractivity (Wildman–Crippen MR) is 541 cm³/mol. The van der Waals surface area contributed by atoms with E-state index in [1.807, 2.05) is 0 Å². The van der Waals surface area contributed by atoms with Crippen LogP contribution in [0.1, 0.15) is 119 Å². The SMILES string of the molecule is CC1(C)c2ccccc2-c2ccc(N(c3ccc(-c4ccccc4)cc3)c3ccc(-c4cccc5c4-c4ccccc4C54c5ccccc5C(C)(C)c5ccccc54)c4ccccc34)cc21.CC1(C)c2ccccc2C2(c3ccccc3-c3c(-c4ccc(N(c5ccc(-c6ccccc6)cc5)c5ccccc5-c5ccccc5)c5ccccc45)cccc32)c2ccccc21. The lowest BCUT2D eigenvalue weighted by atomic mass is 9.55. The van der Waals surface area contributed by atoms with Crippen LogP contribution in [0.25, 0.3) is 111 Å². The molecule has 129 heavy (non-hydrogen) atoms. The number of fused-ring (bicyclic) bond motifs is 23. The molecule has 0 amide bonds. The molecule has 612 valence electrons. The molecule has 0 N–H and O–H groups in total. The van der Waals surface area contributed by atoms with Gasteiger partial charge in [0.1, 0.15) is 0 Å². The van der Waals surface area contributed by atoms with Crippen LogP contribution >= 0.6 is 0 Å². The summed E-state index contributed by atoms with van der Waals surface area (Å²) in [5, 5.41) is 4.85. The highest BCUT2D eigenvalue weighted by atomic mass is 15.2. The number of benzene rings is 20. The molecular weight excluding hydrogens is 1550 g/mol. The number of nitrogens with zero attached hydrogens (tertiary/aromatic N) is 2. The van der Waals surface area contributed by atoms with Crippen molar-refractivity contribution in [2.75, 3.05) is 9.80 Å². The maximum absolute atomic E-state index is 2.48. The Balaban J connectivity index is 0.000000143. The quantitative estimate of drug-likeness (QED) is 0.127. The van der Waals surface area contributed by atoms with E-state index in [2.05, 4.69) is 512 Å². The summed E-state index contributed by atoms with van der Waals surface area (Å²) in [6.07, 6.45) is 0. The third kappa shape index (κ3) is 11.5. The van der Waals surface area contributed by atoms with Gasteiger partial charge in [-0.3, -0.25) is 0 Å². The van der Waals surface area contributed by atoms with Crippen LogP contribution in [0, 0.1) is 0 Å². The van der Waals surface area contributed by atoms with E-state index in [0.29, 0.717) is 0 Å². The van der Waals surface area contributed by atoms with Crippen molar-refractivity contribution >= 4 is 55.7 Å². The molecule has 5 aliphatic rings. The first-order chi connectivity index (χ1) is 63.3. The zero-order valence-corrected chi connectivity index (χ0v) is 73.3. The Morgan fingerprint density at radius 1 is 0.147 bits per heavy atom. The van der Waals surface area contributed by atoms with Gasteiger partial charge >= 0.3 is 0 Å². The molecule has 25 rings (SSSR count). The van der Waals surface area contributed by atoms with Crippen molar-refractivity contribution in [3.05, 3.63) is 539 Å². The fraction of sp³-hybridized carbons (Fsp3) is 0.0866. The second kappa shape index (κ2) is 29.8. The van der Waals surface area contributed by atoms with Gasteiger partial charge in [-0.25, -0.2) is 0 Å². The minimum absolute atomic E-state index is 0.132. The van der Waals surface area contributed by atoms with Crippen molar-refractivity contribution in [2.24, 2.45) is 0 Å². The number of rotatable bonds is 11. The van der Waals surface area contributed by atoms with Crippen LogP contribution in [0.2, 0.25) is 0 Å². The standard InChI is InChI=1S/C65H49N.C62H45N/c1-63(2)53-26-12-10-22-48(53)49-38-37-45(41-60(49)63)66(44-35-33-43(34-36-44)42-19-6-5-7-20-42)61-40-39-47(46-21-8-9-23-50(46)61)51-25-18-32-59-62(51)52-24-11-13-27-54(52)65(59)57-30-16-14-28-55(57)64(3,4)56-29-15-17-31-58(56)65;1-61(2)53-30-14-16-32-55(53)62(56-33-17-15-31-54(56)61)52-29-13-11-27-51(52)60-50(28-19-34-57(60)62)48-40-41-59(49-26-10-9-25-47(48)49)63(45-38-36-43(37-39-45)42-20-5-3-6-21-42)58-35-18-12-24-46(58)44-22-7-4-8-23-44/h5-41H,1-4H3;3-41H,1-2H3. The zero-order chi connectivity index (χ0) is 86.5. The Morgan fingerprint density at radius 3 is 0.876 bits per heavy atom. The molecule has 0 fully saturated rings. The van der Waals surface area contributed by atoms with E-state index in [9.17, 15) is 0 Å². The first-order valence-electron chi connectivity index (χ1n) is 45.5. The smallest absolute Gasteiger partial charge is 0.0719 e. The van der Waals surface area contributed by atoms with Crippen LogP contribution in [0.3, 0.4) is 0 Å². The van der Waals surface area contributed by atoms with Crippen LogP contribution in [-0.4, -0.2) is 0 Å². The molecule has 2 spiro atoms. The van der Waals surface area contributed by atoms with E-state index < -0.39 is 10.8 Å². The number of anilines is 6. The van der Waals surface area contributed by atoms with Crippen LogP contribution < -0.4 is 9.80 Å². The van der Waals surface area contributed by atoms with Crippen molar-refractivity contribution in [1.29, 1.82) is 0 Å². The van der Waals surface area contributed by atoms with Gasteiger partial charge in [0.05, 0.1) is 27.9 Å². The first kappa shape index (κ1) is 77.1. The summed E-state index contributed by atoms with van der Waals surface area (Å²) in [6, 6.07) is 172. The van der Waals surface area contributed by atoms with Gasteiger partial charge in [0.15, 0.2) is 0 Å². The average molecular weight is 1650 g/mol. The van der Waals surface area contributed by atoms with Gasteiger partial charge in [-0.15, -0.1) is 0 Å². The molecule has 0 saturated carbocycles. The highest BCUT2D eigenvalue weighted by molar-refractivity contribution is 6.12. The lowest BCUT2D eigenvalue weighted by molar-refractivity contribution is 0.563. The van der Waals surface area contributed by atoms with Crippen molar-refractivity contribution in [2.45, 2.75) is 68.6 Å². The highest BCUT2D eigenvalue weighted by Gasteiger charge is 2.56. The first-order valence-corrected chi connectivity index (χ1v) is 45.5. The Hall–Kier alpha value is -15.5. The maximum Gasteiger partial charge on any atom is 0.0719 e. The van der Waals surface area contributed by atoms with E-state index >= 15 is 0 Å². The van der Waals surface area contributed by atoms with E-state index in [4.69, 9.17) is 0 Å². The van der Waals surface area contributed by atoms with Crippen molar-refractivity contribution in [3.8, 4) is 89.0 Å². The summed E-state index contributed by atoms with van der Waals surface area (Å²) in [6.45, 7) is 14.3.